The Hall–Kier alpha value is -3.08. The van der Waals surface area contributed by atoms with Crippen LogP contribution >= 0.6 is 0 Å². The summed E-state index contributed by atoms with van der Waals surface area (Å²) in [6.45, 7) is 8.74. The summed E-state index contributed by atoms with van der Waals surface area (Å²) in [5, 5.41) is 20.5. The van der Waals surface area contributed by atoms with Gasteiger partial charge < -0.3 is 29.7 Å². The predicted molar refractivity (Wildman–Crippen MR) is 135 cm³/mol. The van der Waals surface area contributed by atoms with Gasteiger partial charge in [0.1, 0.15) is 24.3 Å². The van der Waals surface area contributed by atoms with E-state index in [9.17, 15) is 9.50 Å². The summed E-state index contributed by atoms with van der Waals surface area (Å²) >= 11 is 0. The molecule has 4 rings (SSSR count). The number of nitrogens with zero attached hydrogens (tertiary/aromatic N) is 3. The van der Waals surface area contributed by atoms with E-state index in [1.807, 2.05) is 20.8 Å². The second-order valence-corrected chi connectivity index (χ2v) is 9.28. The van der Waals surface area contributed by atoms with Crippen molar-refractivity contribution in [2.24, 2.45) is 0 Å². The smallest absolute Gasteiger partial charge is 0.165 e. The molecule has 10 heteroatoms. The Morgan fingerprint density at radius 2 is 2.06 bits per heavy atom. The quantitative estimate of drug-likeness (QED) is 0.404. The first-order valence-corrected chi connectivity index (χ1v) is 12.2. The fourth-order valence-corrected chi connectivity index (χ4v) is 4.41. The molecular formula is C26H34FN5O4. The number of nitrogens with one attached hydrogen (secondary N) is 2. The van der Waals surface area contributed by atoms with Gasteiger partial charge >= 0.3 is 0 Å². The van der Waals surface area contributed by atoms with Crippen LogP contribution in [0.3, 0.4) is 0 Å². The Bertz CT molecular complexity index is 1180. The number of hydrogen-bond donors (Lipinski definition) is 3. The highest BCUT2D eigenvalue weighted by atomic mass is 19.1. The van der Waals surface area contributed by atoms with Crippen LogP contribution in [-0.2, 0) is 4.74 Å². The van der Waals surface area contributed by atoms with Crippen molar-refractivity contribution in [1.29, 1.82) is 0 Å². The first-order valence-electron chi connectivity index (χ1n) is 12.2. The molecule has 0 bridgehead atoms. The summed E-state index contributed by atoms with van der Waals surface area (Å²) in [7, 11) is 1.72. The molecule has 1 fully saturated rings. The van der Waals surface area contributed by atoms with Crippen molar-refractivity contribution in [3.05, 3.63) is 41.0 Å². The molecule has 1 aliphatic heterocycles. The summed E-state index contributed by atoms with van der Waals surface area (Å²) in [5.74, 6) is 1.28. The molecule has 0 spiro atoms. The van der Waals surface area contributed by atoms with Crippen molar-refractivity contribution in [2.75, 3.05) is 32.1 Å². The number of hydrogen-bond acceptors (Lipinski definition) is 9. The number of anilines is 1. The van der Waals surface area contributed by atoms with Gasteiger partial charge in [-0.3, -0.25) is 0 Å². The minimum atomic E-state index is -0.766. The third kappa shape index (κ3) is 5.83. The van der Waals surface area contributed by atoms with Gasteiger partial charge in [0.15, 0.2) is 17.4 Å². The Morgan fingerprint density at radius 1 is 1.25 bits per heavy atom. The highest BCUT2D eigenvalue weighted by Crippen LogP contribution is 2.35. The zero-order valence-corrected chi connectivity index (χ0v) is 21.4. The van der Waals surface area contributed by atoms with E-state index in [0.29, 0.717) is 41.8 Å². The molecule has 3 atom stereocenters. The maximum absolute atomic E-state index is 14.5. The zero-order chi connectivity index (χ0) is 25.8. The topological polar surface area (TPSA) is 115 Å². The van der Waals surface area contributed by atoms with Crippen molar-refractivity contribution in [2.45, 2.75) is 58.8 Å². The minimum Gasteiger partial charge on any atom is -0.488 e. The number of aliphatic hydroxyl groups is 1. The molecule has 1 aliphatic rings. The Kier molecular flexibility index (Phi) is 8.17. The summed E-state index contributed by atoms with van der Waals surface area (Å²) in [6, 6.07) is 4.70. The van der Waals surface area contributed by atoms with Crippen LogP contribution in [0.4, 0.5) is 10.2 Å². The third-order valence-corrected chi connectivity index (χ3v) is 6.30. The molecule has 3 heterocycles. The number of rotatable bonds is 9. The van der Waals surface area contributed by atoms with Crippen LogP contribution in [0.25, 0.3) is 22.6 Å². The number of aliphatic hydroxyl groups excluding tert-OH is 1. The molecule has 3 unspecified atom stereocenters. The first-order chi connectivity index (χ1) is 17.3. The molecule has 0 amide bonds. The van der Waals surface area contributed by atoms with E-state index in [0.717, 1.165) is 29.7 Å². The van der Waals surface area contributed by atoms with Crippen LogP contribution in [0.15, 0.2) is 22.7 Å². The van der Waals surface area contributed by atoms with Crippen LogP contribution in [0, 0.1) is 26.6 Å². The lowest BCUT2D eigenvalue weighted by molar-refractivity contribution is 0.0231. The minimum absolute atomic E-state index is 0.0264. The number of halogens is 1. The highest BCUT2D eigenvalue weighted by molar-refractivity contribution is 5.74. The van der Waals surface area contributed by atoms with Crippen molar-refractivity contribution in [3.63, 3.8) is 0 Å². The van der Waals surface area contributed by atoms with Gasteiger partial charge in [0.05, 0.1) is 23.1 Å². The zero-order valence-electron chi connectivity index (χ0n) is 21.4. The van der Waals surface area contributed by atoms with Gasteiger partial charge in [-0.15, -0.1) is 0 Å². The number of aromatic nitrogens is 3. The molecule has 3 aromatic rings. The lowest BCUT2D eigenvalue weighted by Crippen LogP contribution is -2.33. The van der Waals surface area contributed by atoms with Gasteiger partial charge in [0.2, 0.25) is 0 Å². The number of ether oxygens (including phenoxy) is 2. The largest absolute Gasteiger partial charge is 0.488 e. The Labute approximate surface area is 210 Å². The third-order valence-electron chi connectivity index (χ3n) is 6.30. The van der Waals surface area contributed by atoms with Crippen LogP contribution in [0.2, 0.25) is 0 Å². The second-order valence-electron chi connectivity index (χ2n) is 9.28. The Balaban J connectivity index is 1.74. The molecule has 9 nitrogen and oxygen atoms in total. The average Bonchev–Trinajstić information content (AvgIpc) is 3.18. The number of benzene rings is 1. The van der Waals surface area contributed by atoms with Crippen molar-refractivity contribution >= 4 is 5.82 Å². The van der Waals surface area contributed by atoms with Gasteiger partial charge in [-0.05, 0) is 65.8 Å². The number of likely N-dealkylation sites (N-methyl/N-ethyl adjacent to an activating group) is 1. The lowest BCUT2D eigenvalue weighted by Gasteiger charge is -2.29. The maximum Gasteiger partial charge on any atom is 0.165 e. The summed E-state index contributed by atoms with van der Waals surface area (Å²) in [5.41, 5.74) is 3.71. The predicted octanol–water partition coefficient (Wildman–Crippen LogP) is 3.80. The molecule has 36 heavy (non-hydrogen) atoms. The van der Waals surface area contributed by atoms with Crippen molar-refractivity contribution < 1.29 is 23.5 Å². The summed E-state index contributed by atoms with van der Waals surface area (Å²) < 4.78 is 31.2. The first kappa shape index (κ1) is 26.0. The highest BCUT2D eigenvalue weighted by Gasteiger charge is 2.24. The monoisotopic (exact) mass is 499 g/mol. The average molecular weight is 500 g/mol. The maximum atomic E-state index is 14.5. The van der Waals surface area contributed by atoms with E-state index in [-0.39, 0.29) is 24.5 Å². The molecule has 3 N–H and O–H groups in total. The van der Waals surface area contributed by atoms with Crippen LogP contribution < -0.4 is 15.4 Å². The molecular weight excluding hydrogens is 465 g/mol. The van der Waals surface area contributed by atoms with Gasteiger partial charge in [0.25, 0.3) is 0 Å². The molecule has 1 saturated heterocycles. The lowest BCUT2D eigenvalue weighted by atomic mass is 10.0. The van der Waals surface area contributed by atoms with E-state index < -0.39 is 11.9 Å². The van der Waals surface area contributed by atoms with Crippen molar-refractivity contribution in [3.8, 4) is 28.4 Å². The van der Waals surface area contributed by atoms with Crippen LogP contribution in [0.5, 0.6) is 5.75 Å². The van der Waals surface area contributed by atoms with E-state index >= 15 is 0 Å². The summed E-state index contributed by atoms with van der Waals surface area (Å²) in [4.78, 5) is 9.69. The molecule has 0 radical (unpaired) electrons. The standard InChI is InChI=1S/C26H34FN5O4/c1-14-10-19(8-9-34-14)29-25-15(2)24(23-16(3)32-36-17(23)4)30-26(31-25)18-6-7-21(27)22(11-18)35-13-20(33)12-28-5/h6-7,11,14,19-20,28,33H,8-10,12-13H2,1-5H3,(H,29,30,31). The van der Waals surface area contributed by atoms with E-state index in [4.69, 9.17) is 24.0 Å². The molecule has 1 aromatic carbocycles. The molecule has 194 valence electrons. The molecule has 0 saturated carbocycles. The van der Waals surface area contributed by atoms with Gasteiger partial charge in [-0.1, -0.05) is 5.16 Å². The van der Waals surface area contributed by atoms with E-state index in [1.54, 1.807) is 19.2 Å². The fourth-order valence-electron chi connectivity index (χ4n) is 4.41. The summed E-state index contributed by atoms with van der Waals surface area (Å²) in [6.07, 6.45) is 1.13. The second kappa shape index (κ2) is 11.3. The van der Waals surface area contributed by atoms with E-state index in [2.05, 4.69) is 22.7 Å². The fraction of sp³-hybridized carbons (Fsp3) is 0.500. The van der Waals surface area contributed by atoms with Crippen LogP contribution in [0.1, 0.15) is 36.8 Å². The Morgan fingerprint density at radius 3 is 2.75 bits per heavy atom. The normalized spacial score (nSPS) is 18.8. The SMILES string of the molecule is CNCC(O)COc1cc(-c2nc(NC3CCOC(C)C3)c(C)c(-c3c(C)noc3C)n2)ccc1F. The van der Waals surface area contributed by atoms with Gasteiger partial charge in [0, 0.05) is 30.3 Å². The van der Waals surface area contributed by atoms with E-state index in [1.165, 1.54) is 6.07 Å². The van der Waals surface area contributed by atoms with Crippen LogP contribution in [-0.4, -0.2) is 65.3 Å². The van der Waals surface area contributed by atoms with Gasteiger partial charge in [-0.25, -0.2) is 14.4 Å². The van der Waals surface area contributed by atoms with Crippen molar-refractivity contribution in [1.82, 2.24) is 20.4 Å². The molecule has 0 aliphatic carbocycles. The van der Waals surface area contributed by atoms with Gasteiger partial charge in [-0.2, -0.15) is 0 Å². The molecule has 2 aromatic heterocycles. The number of aryl methyl sites for hydroxylation is 2.